The molecule has 10 nitrogen and oxygen atoms in total. The summed E-state index contributed by atoms with van der Waals surface area (Å²) in [6.45, 7) is 5.03. The summed E-state index contributed by atoms with van der Waals surface area (Å²) in [6, 6.07) is 0. The second kappa shape index (κ2) is 9.81. The van der Waals surface area contributed by atoms with Crippen LogP contribution in [0.4, 0.5) is 17.3 Å². The van der Waals surface area contributed by atoms with Gasteiger partial charge in [0.05, 0.1) is 11.3 Å². The Kier molecular flexibility index (Phi) is 6.91. The van der Waals surface area contributed by atoms with Crippen molar-refractivity contribution < 1.29 is 4.92 Å². The molecule has 1 saturated heterocycles. The number of anilines is 2. The Morgan fingerprint density at radius 1 is 1.07 bits per heavy atom. The van der Waals surface area contributed by atoms with Gasteiger partial charge in [-0.15, -0.1) is 0 Å². The van der Waals surface area contributed by atoms with Crippen LogP contribution in [0.5, 0.6) is 0 Å². The van der Waals surface area contributed by atoms with Gasteiger partial charge in [-0.05, 0) is 32.4 Å². The molecule has 2 aromatic heterocycles. The summed E-state index contributed by atoms with van der Waals surface area (Å²) in [6.07, 6.45) is 11.3. The van der Waals surface area contributed by atoms with Crippen molar-refractivity contribution in [1.29, 1.82) is 0 Å². The summed E-state index contributed by atoms with van der Waals surface area (Å²) in [5.74, 6) is 0.519. The molecule has 0 saturated carbocycles. The monoisotopic (exact) mass is 374 g/mol. The molecule has 1 aliphatic rings. The average Bonchev–Trinajstić information content (AvgIpc) is 3.19. The molecule has 0 radical (unpaired) electrons. The van der Waals surface area contributed by atoms with Crippen LogP contribution in [-0.4, -0.2) is 62.1 Å². The number of rotatable bonds is 10. The molecule has 0 atom stereocenters. The molecule has 3 rings (SSSR count). The molecule has 0 amide bonds. The van der Waals surface area contributed by atoms with E-state index in [0.29, 0.717) is 13.1 Å². The maximum Gasteiger partial charge on any atom is 0.353 e. The molecule has 1 aliphatic heterocycles. The first-order chi connectivity index (χ1) is 13.2. The number of hydrogen-bond donors (Lipinski definition) is 2. The molecular weight excluding hydrogens is 348 g/mol. The van der Waals surface area contributed by atoms with Gasteiger partial charge in [0.25, 0.3) is 0 Å². The van der Waals surface area contributed by atoms with Crippen LogP contribution in [0, 0.1) is 10.1 Å². The van der Waals surface area contributed by atoms with Crippen molar-refractivity contribution in [3.8, 4) is 0 Å². The van der Waals surface area contributed by atoms with Crippen LogP contribution in [-0.2, 0) is 6.54 Å². The number of imidazole rings is 1. The molecular formula is C17H26N8O2. The van der Waals surface area contributed by atoms with E-state index in [1.54, 1.807) is 12.5 Å². The van der Waals surface area contributed by atoms with E-state index in [0.717, 1.165) is 32.6 Å². The Morgan fingerprint density at radius 2 is 1.81 bits per heavy atom. The first kappa shape index (κ1) is 19.0. The van der Waals surface area contributed by atoms with Crippen LogP contribution >= 0.6 is 0 Å². The second-order valence-corrected chi connectivity index (χ2v) is 6.59. The zero-order valence-electron chi connectivity index (χ0n) is 15.4. The minimum atomic E-state index is -0.429. The number of aryl methyl sites for hydroxylation is 1. The zero-order valence-corrected chi connectivity index (χ0v) is 15.4. The van der Waals surface area contributed by atoms with E-state index in [9.17, 15) is 10.1 Å². The maximum atomic E-state index is 11.5. The van der Waals surface area contributed by atoms with Crippen LogP contribution in [0.1, 0.15) is 25.7 Å². The SMILES string of the molecule is O=[N+]([O-])c1c(NCCCn2ccnc2)ncnc1NCCN1CCCCC1. The van der Waals surface area contributed by atoms with Crippen molar-refractivity contribution >= 4 is 17.3 Å². The molecule has 0 bridgehead atoms. The maximum absolute atomic E-state index is 11.5. The van der Waals surface area contributed by atoms with Crippen molar-refractivity contribution in [1.82, 2.24) is 24.4 Å². The quantitative estimate of drug-likeness (QED) is 0.369. The van der Waals surface area contributed by atoms with Crippen LogP contribution in [0.3, 0.4) is 0 Å². The summed E-state index contributed by atoms with van der Waals surface area (Å²) in [7, 11) is 0. The number of nitro groups is 1. The van der Waals surface area contributed by atoms with Crippen molar-refractivity contribution in [3.05, 3.63) is 35.2 Å². The number of aromatic nitrogens is 4. The van der Waals surface area contributed by atoms with Gasteiger partial charge in [0.15, 0.2) is 0 Å². The van der Waals surface area contributed by atoms with Crippen molar-refractivity contribution in [2.45, 2.75) is 32.2 Å². The van der Waals surface area contributed by atoms with Gasteiger partial charge < -0.3 is 20.1 Å². The molecule has 0 unspecified atom stereocenters. The standard InChI is InChI=1S/C17H26N8O2/c26-25(27)15-16(19-5-4-10-24-11-6-18-14-24)21-13-22-17(15)20-7-12-23-8-2-1-3-9-23/h6,11,13-14H,1-5,7-10,12H2,(H2,19,20,21,22). The first-order valence-corrected chi connectivity index (χ1v) is 9.39. The van der Waals surface area contributed by atoms with Crippen molar-refractivity contribution in [3.63, 3.8) is 0 Å². The van der Waals surface area contributed by atoms with Crippen molar-refractivity contribution in [2.75, 3.05) is 43.4 Å². The van der Waals surface area contributed by atoms with Crippen LogP contribution in [0.15, 0.2) is 25.0 Å². The highest BCUT2D eigenvalue weighted by molar-refractivity contribution is 5.69. The fourth-order valence-corrected chi connectivity index (χ4v) is 3.21. The Labute approximate surface area is 158 Å². The molecule has 0 aromatic carbocycles. The van der Waals surface area contributed by atoms with Gasteiger partial charge in [-0.2, -0.15) is 0 Å². The summed E-state index contributed by atoms with van der Waals surface area (Å²) in [5, 5.41) is 17.7. The van der Waals surface area contributed by atoms with Crippen LogP contribution < -0.4 is 10.6 Å². The van der Waals surface area contributed by atoms with Crippen molar-refractivity contribution in [2.24, 2.45) is 0 Å². The largest absolute Gasteiger partial charge is 0.364 e. The van der Waals surface area contributed by atoms with E-state index in [-0.39, 0.29) is 17.3 Å². The summed E-state index contributed by atoms with van der Waals surface area (Å²) < 4.78 is 1.96. The zero-order chi connectivity index (χ0) is 18.9. The lowest BCUT2D eigenvalue weighted by Crippen LogP contribution is -2.33. The predicted octanol–water partition coefficient (Wildman–Crippen LogP) is 1.98. The van der Waals surface area contributed by atoms with E-state index in [1.807, 2.05) is 10.8 Å². The third-order valence-corrected chi connectivity index (χ3v) is 4.62. The average molecular weight is 374 g/mol. The summed E-state index contributed by atoms with van der Waals surface area (Å²) in [4.78, 5) is 25.6. The normalized spacial score (nSPS) is 14.8. The number of piperidine rings is 1. The lowest BCUT2D eigenvalue weighted by Gasteiger charge is -2.26. The lowest BCUT2D eigenvalue weighted by molar-refractivity contribution is -0.383. The van der Waals surface area contributed by atoms with Gasteiger partial charge in [0.1, 0.15) is 6.33 Å². The molecule has 27 heavy (non-hydrogen) atoms. The van der Waals surface area contributed by atoms with Crippen LogP contribution in [0.2, 0.25) is 0 Å². The Hall–Kier alpha value is -2.75. The van der Waals surface area contributed by atoms with Gasteiger partial charge in [0.2, 0.25) is 11.6 Å². The lowest BCUT2D eigenvalue weighted by atomic mass is 10.1. The Morgan fingerprint density at radius 3 is 2.48 bits per heavy atom. The van der Waals surface area contributed by atoms with E-state index < -0.39 is 4.92 Å². The third kappa shape index (κ3) is 5.61. The summed E-state index contributed by atoms with van der Waals surface area (Å²) >= 11 is 0. The molecule has 3 heterocycles. The molecule has 146 valence electrons. The Balaban J connectivity index is 1.53. The van der Waals surface area contributed by atoms with Gasteiger partial charge in [-0.3, -0.25) is 10.1 Å². The molecule has 10 heteroatoms. The number of nitrogens with zero attached hydrogens (tertiary/aromatic N) is 6. The Bertz CT molecular complexity index is 716. The predicted molar refractivity (Wildman–Crippen MR) is 103 cm³/mol. The highest BCUT2D eigenvalue weighted by Crippen LogP contribution is 2.28. The van der Waals surface area contributed by atoms with Crippen LogP contribution in [0.25, 0.3) is 0 Å². The van der Waals surface area contributed by atoms with E-state index in [2.05, 4.69) is 30.5 Å². The second-order valence-electron chi connectivity index (χ2n) is 6.59. The van der Waals surface area contributed by atoms with E-state index >= 15 is 0 Å². The molecule has 0 spiro atoms. The minimum Gasteiger partial charge on any atom is -0.364 e. The van der Waals surface area contributed by atoms with Gasteiger partial charge >= 0.3 is 5.69 Å². The highest BCUT2D eigenvalue weighted by atomic mass is 16.6. The van der Waals surface area contributed by atoms with Gasteiger partial charge in [-0.25, -0.2) is 15.0 Å². The van der Waals surface area contributed by atoms with Gasteiger partial charge in [0, 0.05) is 38.6 Å². The van der Waals surface area contributed by atoms with Gasteiger partial charge in [-0.1, -0.05) is 6.42 Å². The fraction of sp³-hybridized carbons (Fsp3) is 0.588. The number of hydrogen-bond acceptors (Lipinski definition) is 8. The fourth-order valence-electron chi connectivity index (χ4n) is 3.21. The number of nitrogens with one attached hydrogen (secondary N) is 2. The van der Waals surface area contributed by atoms with E-state index in [4.69, 9.17) is 0 Å². The smallest absolute Gasteiger partial charge is 0.353 e. The summed E-state index contributed by atoms with van der Waals surface area (Å²) in [5.41, 5.74) is -0.0984. The molecule has 0 aliphatic carbocycles. The number of likely N-dealkylation sites (tertiary alicyclic amines) is 1. The molecule has 2 aromatic rings. The first-order valence-electron chi connectivity index (χ1n) is 9.39. The molecule has 2 N–H and O–H groups in total. The highest BCUT2D eigenvalue weighted by Gasteiger charge is 2.22. The van der Waals surface area contributed by atoms with E-state index in [1.165, 1.54) is 25.6 Å². The topological polar surface area (TPSA) is 114 Å². The third-order valence-electron chi connectivity index (χ3n) is 4.62. The minimum absolute atomic E-state index is 0.0984. The molecule has 1 fully saturated rings.